The van der Waals surface area contributed by atoms with Gasteiger partial charge in [-0.3, -0.25) is 9.59 Å². The van der Waals surface area contributed by atoms with Gasteiger partial charge in [-0.2, -0.15) is 0 Å². The van der Waals surface area contributed by atoms with Gasteiger partial charge < -0.3 is 30.5 Å². The van der Waals surface area contributed by atoms with Crippen LogP contribution in [0.25, 0.3) is 0 Å². The summed E-state index contributed by atoms with van der Waals surface area (Å²) < 4.78 is 11.7. The molecule has 0 radical (unpaired) electrons. The summed E-state index contributed by atoms with van der Waals surface area (Å²) in [5.41, 5.74) is -0.732. The first-order chi connectivity index (χ1) is 23.9. The summed E-state index contributed by atoms with van der Waals surface area (Å²) in [6, 6.07) is -0.443. The van der Waals surface area contributed by atoms with Crippen LogP contribution in [0.15, 0.2) is 12.2 Å². The molecule has 4 N–H and O–H groups in total. The lowest BCUT2D eigenvalue weighted by Crippen LogP contribution is -2.58. The van der Waals surface area contributed by atoms with E-state index in [-0.39, 0.29) is 36.0 Å². The highest BCUT2D eigenvalue weighted by Crippen LogP contribution is 2.36. The Bertz CT molecular complexity index is 1050. The van der Waals surface area contributed by atoms with E-state index in [1.54, 1.807) is 13.8 Å². The number of hydrogen-bond donors (Lipinski definition) is 4. The van der Waals surface area contributed by atoms with Gasteiger partial charge in [-0.15, -0.1) is 0 Å². The fraction of sp³-hybridized carbons (Fsp3) is 0.878. The number of unbranched alkanes of at least 4 members (excludes halogenated alkanes) is 10. The Labute approximate surface area is 304 Å². The van der Waals surface area contributed by atoms with Gasteiger partial charge in [0.15, 0.2) is 5.79 Å². The molecule has 288 valence electrons. The molecule has 0 aromatic rings. The van der Waals surface area contributed by atoms with Crippen LogP contribution in [0.5, 0.6) is 0 Å². The van der Waals surface area contributed by atoms with E-state index < -0.39 is 29.2 Å². The molecule has 0 aromatic heterocycles. The van der Waals surface area contributed by atoms with Crippen LogP contribution < -0.4 is 16.0 Å². The predicted octanol–water partition coefficient (Wildman–Crippen LogP) is 9.19. The number of carbonyl (C=O) groups is 3. The number of rotatable bonds is 21. The topological polar surface area (TPSA) is 126 Å². The highest BCUT2D eigenvalue weighted by molar-refractivity contribution is 5.82. The quantitative estimate of drug-likeness (QED) is 0.0537. The van der Waals surface area contributed by atoms with Gasteiger partial charge in [0.25, 0.3) is 0 Å². The number of carboxylic acids is 1. The van der Waals surface area contributed by atoms with Crippen molar-refractivity contribution in [2.45, 2.75) is 199 Å². The molecule has 4 atom stereocenters. The second kappa shape index (κ2) is 21.4. The Morgan fingerprint density at radius 1 is 0.820 bits per heavy atom. The maximum absolute atomic E-state index is 13.6. The molecule has 0 aromatic carbocycles. The lowest BCUT2D eigenvalue weighted by molar-refractivity contribution is -0.304. The fourth-order valence-corrected chi connectivity index (χ4v) is 8.34. The van der Waals surface area contributed by atoms with Gasteiger partial charge in [0.2, 0.25) is 5.91 Å². The molecule has 0 spiro atoms. The largest absolute Gasteiger partial charge is 0.481 e. The number of aliphatic carboxylic acids is 1. The molecule has 3 fully saturated rings. The van der Waals surface area contributed by atoms with Crippen LogP contribution >= 0.6 is 0 Å². The normalized spacial score (nSPS) is 25.1. The molecule has 1 heterocycles. The molecule has 9 nitrogen and oxygen atoms in total. The van der Waals surface area contributed by atoms with Crippen LogP contribution in [0.4, 0.5) is 4.79 Å². The van der Waals surface area contributed by atoms with E-state index >= 15 is 0 Å². The van der Waals surface area contributed by atoms with Crippen molar-refractivity contribution in [3.8, 4) is 0 Å². The average Bonchev–Trinajstić information content (AvgIpc) is 3.40. The third-order valence-corrected chi connectivity index (χ3v) is 11.5. The first kappa shape index (κ1) is 42.3. The molecule has 9 heteroatoms. The number of nitrogens with one attached hydrogen (secondary N) is 3. The SMILES string of the molecule is CCCCCCCCCC=CCCCCCC1(NC(=O)NC2CCCCCC2C(CNC(=O)C2OC(C)(C)OCC2(C)C)C(=O)O)CCCC1. The zero-order chi connectivity index (χ0) is 36.5. The molecule has 4 unspecified atom stereocenters. The Morgan fingerprint density at radius 3 is 2.10 bits per heavy atom. The van der Waals surface area contributed by atoms with Crippen LogP contribution in [-0.2, 0) is 19.1 Å². The van der Waals surface area contributed by atoms with Crippen molar-refractivity contribution < 1.29 is 29.0 Å². The molecule has 3 aliphatic rings. The van der Waals surface area contributed by atoms with Crippen molar-refractivity contribution in [2.24, 2.45) is 17.3 Å². The lowest BCUT2D eigenvalue weighted by atomic mass is 9.81. The van der Waals surface area contributed by atoms with E-state index in [0.29, 0.717) is 13.0 Å². The number of urea groups is 1. The van der Waals surface area contributed by atoms with Gasteiger partial charge in [0.1, 0.15) is 6.10 Å². The Kier molecular flexibility index (Phi) is 18.1. The Morgan fingerprint density at radius 2 is 1.44 bits per heavy atom. The Balaban J connectivity index is 1.47. The van der Waals surface area contributed by atoms with Crippen molar-refractivity contribution in [1.82, 2.24) is 16.0 Å². The summed E-state index contributed by atoms with van der Waals surface area (Å²) in [5, 5.41) is 19.9. The van der Waals surface area contributed by atoms with E-state index in [4.69, 9.17) is 9.47 Å². The van der Waals surface area contributed by atoms with E-state index in [1.807, 2.05) is 13.8 Å². The molecule has 3 amide bonds. The Hall–Kier alpha value is -2.13. The minimum absolute atomic E-state index is 0.00584. The standard InChI is InChI=1S/C41H73N3O6/c1-6-7-8-9-10-11-12-13-14-15-16-17-18-22-27-41(28-23-24-29-41)44-38(48)43-34-26-21-19-20-25-32(34)33(37(46)47)30-42-36(45)35-39(2,3)31-49-40(4,5)50-35/h14-15,32-35H,6-13,16-31H2,1-5H3,(H,42,45)(H,46,47)(H2,43,44,48). The summed E-state index contributed by atoms with van der Waals surface area (Å²) in [6.07, 6.45) is 28.7. The molecule has 1 aliphatic heterocycles. The molecular weight excluding hydrogens is 630 g/mol. The highest BCUT2D eigenvalue weighted by Gasteiger charge is 2.46. The summed E-state index contributed by atoms with van der Waals surface area (Å²) in [6.45, 7) is 10.0. The summed E-state index contributed by atoms with van der Waals surface area (Å²) >= 11 is 0. The van der Waals surface area contributed by atoms with E-state index in [2.05, 4.69) is 35.0 Å². The zero-order valence-electron chi connectivity index (χ0n) is 32.4. The number of allylic oxidation sites excluding steroid dienone is 2. The summed E-state index contributed by atoms with van der Waals surface area (Å²) in [5.74, 6) is -3.26. The van der Waals surface area contributed by atoms with Gasteiger partial charge in [0.05, 0.1) is 12.5 Å². The van der Waals surface area contributed by atoms with Gasteiger partial charge >= 0.3 is 12.0 Å². The summed E-state index contributed by atoms with van der Waals surface area (Å²) in [7, 11) is 0. The molecule has 2 saturated carbocycles. The van der Waals surface area contributed by atoms with Crippen LogP contribution in [0.3, 0.4) is 0 Å². The molecule has 1 saturated heterocycles. The number of carbonyl (C=O) groups excluding carboxylic acids is 2. The van der Waals surface area contributed by atoms with Gasteiger partial charge in [0, 0.05) is 23.5 Å². The van der Waals surface area contributed by atoms with E-state index in [1.165, 1.54) is 57.8 Å². The monoisotopic (exact) mass is 704 g/mol. The second-order valence-corrected chi connectivity index (χ2v) is 16.8. The number of carboxylic acid groups (broad SMARTS) is 1. The fourth-order valence-electron chi connectivity index (χ4n) is 8.34. The van der Waals surface area contributed by atoms with Gasteiger partial charge in [-0.1, -0.05) is 116 Å². The van der Waals surface area contributed by atoms with E-state index in [0.717, 1.165) is 77.0 Å². The van der Waals surface area contributed by atoms with E-state index in [9.17, 15) is 19.5 Å². The van der Waals surface area contributed by atoms with Crippen molar-refractivity contribution >= 4 is 17.9 Å². The second-order valence-electron chi connectivity index (χ2n) is 16.8. The number of ether oxygens (including phenoxy) is 2. The minimum Gasteiger partial charge on any atom is -0.481 e. The molecule has 3 rings (SSSR count). The van der Waals surface area contributed by atoms with Crippen LogP contribution in [0.1, 0.15) is 176 Å². The minimum atomic E-state index is -0.947. The first-order valence-corrected chi connectivity index (χ1v) is 20.4. The maximum atomic E-state index is 13.6. The average molecular weight is 704 g/mol. The maximum Gasteiger partial charge on any atom is 0.315 e. The van der Waals surface area contributed by atoms with Crippen molar-refractivity contribution in [3.05, 3.63) is 12.2 Å². The van der Waals surface area contributed by atoms with Crippen molar-refractivity contribution in [2.75, 3.05) is 13.2 Å². The molecule has 2 aliphatic carbocycles. The number of amides is 3. The third kappa shape index (κ3) is 14.5. The highest BCUT2D eigenvalue weighted by atomic mass is 16.7. The molecule has 0 bridgehead atoms. The summed E-state index contributed by atoms with van der Waals surface area (Å²) in [4.78, 5) is 39.6. The van der Waals surface area contributed by atoms with Crippen molar-refractivity contribution in [1.29, 1.82) is 0 Å². The van der Waals surface area contributed by atoms with Gasteiger partial charge in [-0.05, 0) is 77.6 Å². The smallest absolute Gasteiger partial charge is 0.315 e. The van der Waals surface area contributed by atoms with Crippen molar-refractivity contribution in [3.63, 3.8) is 0 Å². The van der Waals surface area contributed by atoms with Crippen LogP contribution in [0, 0.1) is 17.3 Å². The van der Waals surface area contributed by atoms with Crippen LogP contribution in [-0.4, -0.2) is 59.6 Å². The third-order valence-electron chi connectivity index (χ3n) is 11.5. The molecular formula is C41H73N3O6. The lowest BCUT2D eigenvalue weighted by Gasteiger charge is -2.44. The van der Waals surface area contributed by atoms with Crippen LogP contribution in [0.2, 0.25) is 0 Å². The first-order valence-electron chi connectivity index (χ1n) is 20.4. The number of hydrogen-bond acceptors (Lipinski definition) is 5. The molecule has 50 heavy (non-hydrogen) atoms. The van der Waals surface area contributed by atoms with Gasteiger partial charge in [-0.25, -0.2) is 4.79 Å². The predicted molar refractivity (Wildman–Crippen MR) is 201 cm³/mol. The zero-order valence-corrected chi connectivity index (χ0v) is 32.4.